The van der Waals surface area contributed by atoms with E-state index in [0.29, 0.717) is 24.3 Å². The van der Waals surface area contributed by atoms with Gasteiger partial charge in [-0.3, -0.25) is 24.9 Å². The van der Waals surface area contributed by atoms with Crippen LogP contribution in [-0.2, 0) is 24.2 Å². The number of hydrogen-bond donors (Lipinski definition) is 2. The van der Waals surface area contributed by atoms with Crippen LogP contribution in [-0.4, -0.2) is 46.0 Å². The van der Waals surface area contributed by atoms with Crippen LogP contribution in [0, 0.1) is 0 Å². The Morgan fingerprint density at radius 2 is 2.00 bits per heavy atom. The van der Waals surface area contributed by atoms with E-state index >= 15 is 0 Å². The van der Waals surface area contributed by atoms with E-state index < -0.39 is 6.03 Å². The molecule has 140 valence electrons. The fraction of sp³-hybridized carbons (Fsp3) is 0.368. The molecule has 0 radical (unpaired) electrons. The predicted molar refractivity (Wildman–Crippen MR) is 98.4 cm³/mol. The molecule has 0 saturated carbocycles. The van der Waals surface area contributed by atoms with Gasteiger partial charge in [-0.1, -0.05) is 19.1 Å². The molecule has 1 saturated heterocycles. The fourth-order valence-electron chi connectivity index (χ4n) is 3.67. The number of hydrogen-bond acceptors (Lipinski definition) is 4. The number of fused-ring (bicyclic) bond motifs is 1. The van der Waals surface area contributed by atoms with Gasteiger partial charge >= 0.3 is 6.03 Å². The molecule has 1 aromatic heterocycles. The average molecular weight is 367 g/mol. The van der Waals surface area contributed by atoms with Crippen LogP contribution < -0.4 is 10.2 Å². The first-order valence-electron chi connectivity index (χ1n) is 9.13. The first-order valence-corrected chi connectivity index (χ1v) is 9.13. The molecule has 0 bridgehead atoms. The van der Waals surface area contributed by atoms with Crippen LogP contribution in [0.1, 0.15) is 40.7 Å². The third kappa shape index (κ3) is 3.07. The SMILES string of the molecule is CCc1n[nH]c2c1CN(C(=O)c1ccccc1N1CCC(=O)NC1=O)CC2. The van der Waals surface area contributed by atoms with Gasteiger partial charge in [-0.05, 0) is 18.6 Å². The summed E-state index contributed by atoms with van der Waals surface area (Å²) in [7, 11) is 0. The highest BCUT2D eigenvalue weighted by Crippen LogP contribution is 2.27. The largest absolute Gasteiger partial charge is 0.334 e. The molecular formula is C19H21N5O3. The molecule has 4 rings (SSSR count). The van der Waals surface area contributed by atoms with Crippen molar-refractivity contribution in [3.63, 3.8) is 0 Å². The van der Waals surface area contributed by atoms with Crippen molar-refractivity contribution < 1.29 is 14.4 Å². The van der Waals surface area contributed by atoms with Crippen LogP contribution >= 0.6 is 0 Å². The Labute approximate surface area is 156 Å². The summed E-state index contributed by atoms with van der Waals surface area (Å²) in [5, 5.41) is 9.71. The van der Waals surface area contributed by atoms with Gasteiger partial charge in [0.05, 0.1) is 16.9 Å². The number of rotatable bonds is 3. The Morgan fingerprint density at radius 1 is 1.19 bits per heavy atom. The van der Waals surface area contributed by atoms with Crippen molar-refractivity contribution in [3.05, 3.63) is 46.8 Å². The Balaban J connectivity index is 1.62. The van der Waals surface area contributed by atoms with Gasteiger partial charge in [0.25, 0.3) is 5.91 Å². The fourth-order valence-corrected chi connectivity index (χ4v) is 3.67. The van der Waals surface area contributed by atoms with E-state index in [2.05, 4.69) is 15.5 Å². The second-order valence-electron chi connectivity index (χ2n) is 6.73. The third-order valence-electron chi connectivity index (χ3n) is 5.12. The average Bonchev–Trinajstić information content (AvgIpc) is 3.10. The Morgan fingerprint density at radius 3 is 2.78 bits per heavy atom. The summed E-state index contributed by atoms with van der Waals surface area (Å²) in [6.45, 7) is 3.41. The smallest absolute Gasteiger partial charge is 0.328 e. The molecule has 8 heteroatoms. The maximum absolute atomic E-state index is 13.2. The van der Waals surface area contributed by atoms with Gasteiger partial charge < -0.3 is 4.90 Å². The van der Waals surface area contributed by atoms with Crippen molar-refractivity contribution in [3.8, 4) is 0 Å². The van der Waals surface area contributed by atoms with Crippen molar-refractivity contribution in [2.24, 2.45) is 0 Å². The zero-order valence-electron chi connectivity index (χ0n) is 15.1. The van der Waals surface area contributed by atoms with Crippen LogP contribution in [0.25, 0.3) is 0 Å². The molecule has 27 heavy (non-hydrogen) atoms. The minimum absolute atomic E-state index is 0.121. The lowest BCUT2D eigenvalue weighted by Gasteiger charge is -2.31. The first-order chi connectivity index (χ1) is 13.1. The third-order valence-corrected chi connectivity index (χ3v) is 5.12. The van der Waals surface area contributed by atoms with Crippen molar-refractivity contribution in [1.82, 2.24) is 20.4 Å². The number of amides is 4. The molecule has 0 unspecified atom stereocenters. The van der Waals surface area contributed by atoms with E-state index in [1.165, 1.54) is 4.90 Å². The lowest BCUT2D eigenvalue weighted by Crippen LogP contribution is -2.50. The summed E-state index contributed by atoms with van der Waals surface area (Å²) in [6.07, 6.45) is 1.76. The molecule has 8 nitrogen and oxygen atoms in total. The zero-order valence-corrected chi connectivity index (χ0v) is 15.1. The normalized spacial score (nSPS) is 16.9. The van der Waals surface area contributed by atoms with Gasteiger partial charge in [0, 0.05) is 43.7 Å². The topological polar surface area (TPSA) is 98.4 Å². The maximum Gasteiger partial charge on any atom is 0.328 e. The number of urea groups is 1. The number of H-pyrrole nitrogens is 1. The van der Waals surface area contributed by atoms with E-state index in [9.17, 15) is 14.4 Å². The number of nitrogens with zero attached hydrogens (tertiary/aromatic N) is 3. The number of benzene rings is 1. The summed E-state index contributed by atoms with van der Waals surface area (Å²) in [5.74, 6) is -0.417. The monoisotopic (exact) mass is 367 g/mol. The maximum atomic E-state index is 13.2. The van der Waals surface area contributed by atoms with E-state index in [1.807, 2.05) is 6.92 Å². The Bertz CT molecular complexity index is 906. The standard InChI is InChI=1S/C19H21N5O3/c1-2-14-13-11-23(9-7-15(13)22-21-14)18(26)12-5-3-4-6-16(12)24-10-8-17(25)20-19(24)27/h3-6H,2,7-11H2,1H3,(H,21,22)(H,20,25,27). The summed E-state index contributed by atoms with van der Waals surface area (Å²) in [6, 6.07) is 6.56. The Hall–Kier alpha value is -3.16. The summed E-state index contributed by atoms with van der Waals surface area (Å²) in [5.41, 5.74) is 4.17. The van der Waals surface area contributed by atoms with Crippen molar-refractivity contribution >= 4 is 23.5 Å². The molecule has 2 aliphatic heterocycles. The Kier molecular flexibility index (Phi) is 4.39. The molecular weight excluding hydrogens is 346 g/mol. The minimum Gasteiger partial charge on any atom is -0.334 e. The van der Waals surface area contributed by atoms with Crippen LogP contribution in [0.3, 0.4) is 0 Å². The second-order valence-corrected chi connectivity index (χ2v) is 6.73. The number of para-hydroxylation sites is 1. The number of aryl methyl sites for hydroxylation is 1. The summed E-state index contributed by atoms with van der Waals surface area (Å²) >= 11 is 0. The van der Waals surface area contributed by atoms with Gasteiger partial charge in [0.2, 0.25) is 5.91 Å². The molecule has 0 aliphatic carbocycles. The number of anilines is 1. The van der Waals surface area contributed by atoms with Gasteiger partial charge in [-0.25, -0.2) is 4.79 Å². The van der Waals surface area contributed by atoms with Crippen LogP contribution in [0.15, 0.2) is 24.3 Å². The number of imide groups is 1. The molecule has 1 fully saturated rings. The lowest BCUT2D eigenvalue weighted by atomic mass is 10.0. The van der Waals surface area contributed by atoms with Crippen molar-refractivity contribution in [1.29, 1.82) is 0 Å². The van der Waals surface area contributed by atoms with Gasteiger partial charge in [0.15, 0.2) is 0 Å². The molecule has 2 aliphatic rings. The highest BCUT2D eigenvalue weighted by molar-refractivity contribution is 6.09. The van der Waals surface area contributed by atoms with Crippen molar-refractivity contribution in [2.45, 2.75) is 32.7 Å². The highest BCUT2D eigenvalue weighted by atomic mass is 16.2. The molecule has 0 atom stereocenters. The lowest BCUT2D eigenvalue weighted by molar-refractivity contribution is -0.120. The predicted octanol–water partition coefficient (Wildman–Crippen LogP) is 1.62. The second kappa shape index (κ2) is 6.86. The minimum atomic E-state index is -0.490. The molecule has 1 aromatic carbocycles. The van der Waals surface area contributed by atoms with Crippen LogP contribution in [0.2, 0.25) is 0 Å². The van der Waals surface area contributed by atoms with E-state index in [1.54, 1.807) is 29.2 Å². The number of aromatic amines is 1. The zero-order chi connectivity index (χ0) is 19.0. The molecule has 3 heterocycles. The molecule has 2 aromatic rings. The van der Waals surface area contributed by atoms with E-state index in [4.69, 9.17) is 0 Å². The van der Waals surface area contributed by atoms with Crippen molar-refractivity contribution in [2.75, 3.05) is 18.0 Å². The molecule has 0 spiro atoms. The van der Waals surface area contributed by atoms with Crippen LogP contribution in [0.5, 0.6) is 0 Å². The number of nitrogens with one attached hydrogen (secondary N) is 2. The first kappa shape index (κ1) is 17.3. The van der Waals surface area contributed by atoms with Gasteiger partial charge in [-0.2, -0.15) is 5.10 Å². The summed E-state index contributed by atoms with van der Waals surface area (Å²) < 4.78 is 0. The van der Waals surface area contributed by atoms with Gasteiger partial charge in [-0.15, -0.1) is 0 Å². The molecule has 2 N–H and O–H groups in total. The van der Waals surface area contributed by atoms with Crippen LogP contribution in [0.4, 0.5) is 10.5 Å². The highest BCUT2D eigenvalue weighted by Gasteiger charge is 2.30. The molecule has 4 amide bonds. The number of carbonyl (C=O) groups is 3. The number of aromatic nitrogens is 2. The number of carbonyl (C=O) groups excluding carboxylic acids is 3. The quantitative estimate of drug-likeness (QED) is 0.861. The summed E-state index contributed by atoms with van der Waals surface area (Å²) in [4.78, 5) is 40.1. The van der Waals surface area contributed by atoms with E-state index in [-0.39, 0.29) is 24.8 Å². The van der Waals surface area contributed by atoms with E-state index in [0.717, 1.165) is 29.8 Å². The van der Waals surface area contributed by atoms with Gasteiger partial charge in [0.1, 0.15) is 0 Å².